The highest BCUT2D eigenvalue weighted by atomic mass is 31.2. The Hall–Kier alpha value is -1.25. The summed E-state index contributed by atoms with van der Waals surface area (Å²) in [6.07, 6.45) is 76.3. The molecule has 0 saturated carbocycles. The summed E-state index contributed by atoms with van der Waals surface area (Å²) in [5.41, 5.74) is 0. The lowest BCUT2D eigenvalue weighted by Gasteiger charge is -2.30. The Morgan fingerprint density at radius 3 is 0.988 bits per heavy atom. The molecule has 0 aliphatic heterocycles. The molecular formula is C73H145N2O7P. The van der Waals surface area contributed by atoms with Crippen LogP contribution in [0.1, 0.15) is 393 Å². The van der Waals surface area contributed by atoms with Crippen LogP contribution >= 0.6 is 7.82 Å². The maximum absolute atomic E-state index is 13.6. The first kappa shape index (κ1) is 81.8. The highest BCUT2D eigenvalue weighted by Crippen LogP contribution is 2.38. The molecule has 494 valence electrons. The minimum atomic E-state index is -4.70. The van der Waals surface area contributed by atoms with Gasteiger partial charge in [0, 0.05) is 12.8 Å². The third-order valence-corrected chi connectivity index (χ3v) is 18.2. The van der Waals surface area contributed by atoms with Gasteiger partial charge in [-0.15, -0.1) is 0 Å². The fourth-order valence-electron chi connectivity index (χ4n) is 11.5. The summed E-state index contributed by atoms with van der Waals surface area (Å²) in [5, 5.41) is 3.06. The maximum atomic E-state index is 13.6. The van der Waals surface area contributed by atoms with Gasteiger partial charge in [0.25, 0.3) is 7.82 Å². The van der Waals surface area contributed by atoms with E-state index in [9.17, 15) is 19.0 Å². The molecule has 0 bridgehead atoms. The van der Waals surface area contributed by atoms with Gasteiger partial charge in [0.05, 0.1) is 33.8 Å². The lowest BCUT2D eigenvalue weighted by molar-refractivity contribution is -0.870. The van der Waals surface area contributed by atoms with E-state index in [1.807, 2.05) is 33.3 Å². The van der Waals surface area contributed by atoms with Crippen LogP contribution in [0.3, 0.4) is 0 Å². The third-order valence-electron chi connectivity index (χ3n) is 17.2. The number of carbonyl (C=O) groups is 2. The average Bonchev–Trinajstić information content (AvgIpc) is 3.46. The van der Waals surface area contributed by atoms with Gasteiger partial charge in [0.2, 0.25) is 5.91 Å². The summed E-state index contributed by atoms with van der Waals surface area (Å²) in [7, 11) is 1.21. The quantitative estimate of drug-likeness (QED) is 0.0212. The predicted molar refractivity (Wildman–Crippen MR) is 358 cm³/mol. The number of esters is 1. The van der Waals surface area contributed by atoms with Crippen molar-refractivity contribution in [2.24, 2.45) is 0 Å². The summed E-state index contributed by atoms with van der Waals surface area (Å²) in [5.74, 6) is -0.511. The van der Waals surface area contributed by atoms with Crippen molar-refractivity contribution in [1.29, 1.82) is 0 Å². The Bertz CT molecular complexity index is 1420. The Balaban J connectivity index is 5.00. The number of carbonyl (C=O) groups excluding carboxylic acids is 2. The number of ether oxygens (including phenoxy) is 1. The number of hydrogen-bond donors (Lipinski definition) is 1. The molecule has 0 aromatic carbocycles. The molecule has 1 amide bonds. The van der Waals surface area contributed by atoms with E-state index in [0.29, 0.717) is 17.4 Å². The van der Waals surface area contributed by atoms with Crippen LogP contribution in [0, 0.1) is 0 Å². The van der Waals surface area contributed by atoms with Gasteiger partial charge in [-0.25, -0.2) is 0 Å². The Kier molecular flexibility index (Phi) is 62.8. The minimum absolute atomic E-state index is 0.0163. The lowest BCUT2D eigenvalue weighted by atomic mass is 10.0. The first-order valence-electron chi connectivity index (χ1n) is 37.0. The second-order valence-electron chi connectivity index (χ2n) is 26.8. The van der Waals surface area contributed by atoms with Gasteiger partial charge in [-0.1, -0.05) is 361 Å². The van der Waals surface area contributed by atoms with Crippen LogP contribution < -0.4 is 10.2 Å². The smallest absolute Gasteiger partial charge is 0.306 e. The number of allylic oxidation sites excluding steroid dienone is 1. The minimum Gasteiger partial charge on any atom is -0.756 e. The van der Waals surface area contributed by atoms with Crippen molar-refractivity contribution < 1.29 is 37.3 Å². The molecule has 0 aliphatic rings. The topological polar surface area (TPSA) is 114 Å². The number of phosphoric acid groups is 1. The molecule has 0 rings (SSSR count). The SMILES string of the molecule is CCCCCCCCCCCCC/C=C/C(OC(=O)CCCCCCCCCCCCCCCCCCCCC)C(COP(=O)([O-])OCC[N+](C)(C)C)NC(=O)CCCCCCCCCCCCCCCCCCCCCCCCCCC. The zero-order chi connectivity index (χ0) is 60.7. The number of phosphoric ester groups is 1. The molecule has 0 spiro atoms. The Morgan fingerprint density at radius 2 is 0.687 bits per heavy atom. The van der Waals surface area contributed by atoms with Gasteiger partial charge >= 0.3 is 5.97 Å². The Labute approximate surface area is 518 Å². The molecule has 1 N–H and O–H groups in total. The molecule has 0 aromatic heterocycles. The van der Waals surface area contributed by atoms with E-state index >= 15 is 0 Å². The van der Waals surface area contributed by atoms with Gasteiger partial charge in [0.15, 0.2) is 0 Å². The number of nitrogens with zero attached hydrogens (tertiary/aromatic N) is 1. The van der Waals surface area contributed by atoms with Crippen molar-refractivity contribution in [3.05, 3.63) is 12.2 Å². The zero-order valence-corrected chi connectivity index (χ0v) is 57.6. The van der Waals surface area contributed by atoms with E-state index in [0.717, 1.165) is 57.8 Å². The van der Waals surface area contributed by atoms with E-state index in [1.54, 1.807) is 0 Å². The number of nitrogens with one attached hydrogen (secondary N) is 1. The first-order valence-corrected chi connectivity index (χ1v) is 38.5. The standard InChI is InChI=1S/C73H145N2O7P/c1-7-10-13-16-19-22-25-28-30-32-34-35-36-37-38-39-41-42-44-47-50-53-56-59-62-65-72(76)74-70(69-81-83(78,79)80-68-67-75(4,5)6)71(64-61-58-55-52-49-46-27-24-21-18-15-12-9-3)82-73(77)66-63-60-57-54-51-48-45-43-40-33-31-29-26-23-20-17-14-11-8-2/h61,64,70-71H,7-60,62-63,65-69H2,1-6H3,(H-,74,76,78,79)/b64-61+. The summed E-state index contributed by atoms with van der Waals surface area (Å²) in [4.78, 5) is 40.2. The van der Waals surface area contributed by atoms with Crippen molar-refractivity contribution in [2.75, 3.05) is 40.9 Å². The number of hydrogen-bond acceptors (Lipinski definition) is 7. The van der Waals surface area contributed by atoms with Gasteiger partial charge in [-0.3, -0.25) is 14.2 Å². The van der Waals surface area contributed by atoms with Crippen molar-refractivity contribution in [2.45, 2.75) is 405 Å². The van der Waals surface area contributed by atoms with E-state index < -0.39 is 20.0 Å². The second-order valence-corrected chi connectivity index (χ2v) is 28.2. The number of likely N-dealkylation sites (N-methyl/N-ethyl adjacent to an activating group) is 1. The van der Waals surface area contributed by atoms with Crippen LogP contribution in [0.2, 0.25) is 0 Å². The Morgan fingerprint density at radius 1 is 0.410 bits per heavy atom. The first-order chi connectivity index (χ1) is 40.4. The fraction of sp³-hybridized carbons (Fsp3) is 0.945. The lowest BCUT2D eigenvalue weighted by Crippen LogP contribution is -2.47. The molecule has 10 heteroatoms. The molecule has 83 heavy (non-hydrogen) atoms. The van der Waals surface area contributed by atoms with E-state index in [4.69, 9.17) is 13.8 Å². The van der Waals surface area contributed by atoms with Gasteiger partial charge in [-0.05, 0) is 31.8 Å². The van der Waals surface area contributed by atoms with Crippen molar-refractivity contribution in [1.82, 2.24) is 5.32 Å². The summed E-state index contributed by atoms with van der Waals surface area (Å²) in [6, 6.07) is -0.881. The van der Waals surface area contributed by atoms with Crippen LogP contribution in [-0.4, -0.2) is 69.4 Å². The van der Waals surface area contributed by atoms with Crippen LogP contribution in [0.15, 0.2) is 12.2 Å². The van der Waals surface area contributed by atoms with Crippen LogP contribution in [0.25, 0.3) is 0 Å². The van der Waals surface area contributed by atoms with Crippen molar-refractivity contribution in [3.63, 3.8) is 0 Å². The fourth-order valence-corrected chi connectivity index (χ4v) is 12.3. The highest BCUT2D eigenvalue weighted by Gasteiger charge is 2.27. The molecule has 0 heterocycles. The second kappa shape index (κ2) is 63.8. The molecule has 3 unspecified atom stereocenters. The number of quaternary nitrogens is 1. The monoisotopic (exact) mass is 1190 g/mol. The summed E-state index contributed by atoms with van der Waals surface area (Å²) in [6.45, 7) is 6.93. The highest BCUT2D eigenvalue weighted by molar-refractivity contribution is 7.45. The maximum Gasteiger partial charge on any atom is 0.306 e. The van der Waals surface area contributed by atoms with Gasteiger partial charge in [0.1, 0.15) is 19.3 Å². The molecule has 3 atom stereocenters. The normalized spacial score (nSPS) is 13.5. The van der Waals surface area contributed by atoms with Gasteiger partial charge < -0.3 is 28.5 Å². The third kappa shape index (κ3) is 65.0. The number of amides is 1. The van der Waals surface area contributed by atoms with Crippen molar-refractivity contribution >= 4 is 19.7 Å². The van der Waals surface area contributed by atoms with E-state index in [-0.39, 0.29) is 31.5 Å². The summed E-state index contributed by atoms with van der Waals surface area (Å²) >= 11 is 0. The van der Waals surface area contributed by atoms with Crippen LogP contribution in [0.4, 0.5) is 0 Å². The molecule has 0 radical (unpaired) electrons. The van der Waals surface area contributed by atoms with Gasteiger partial charge in [-0.2, -0.15) is 0 Å². The van der Waals surface area contributed by atoms with Crippen molar-refractivity contribution in [3.8, 4) is 0 Å². The van der Waals surface area contributed by atoms with E-state index in [2.05, 4.69) is 26.1 Å². The molecule has 0 saturated heterocycles. The predicted octanol–water partition coefficient (Wildman–Crippen LogP) is 22.8. The largest absolute Gasteiger partial charge is 0.756 e. The number of unbranched alkanes of at least 4 members (excludes halogenated alkanes) is 53. The molecule has 9 nitrogen and oxygen atoms in total. The van der Waals surface area contributed by atoms with E-state index in [1.165, 1.54) is 302 Å². The summed E-state index contributed by atoms with van der Waals surface area (Å²) < 4.78 is 30.5. The zero-order valence-electron chi connectivity index (χ0n) is 56.7. The van der Waals surface area contributed by atoms with Crippen LogP contribution in [0.5, 0.6) is 0 Å². The van der Waals surface area contributed by atoms with Crippen LogP contribution in [-0.2, 0) is 27.9 Å². The average molecular weight is 1190 g/mol. The molecule has 0 aliphatic carbocycles. The number of rotatable bonds is 69. The molecular weight excluding hydrogens is 1050 g/mol. The molecule has 0 fully saturated rings. The molecule has 0 aromatic rings.